The van der Waals surface area contributed by atoms with Crippen LogP contribution in [0.1, 0.15) is 65.5 Å². The molecule has 6 heteroatoms. The number of benzene rings is 3. The van der Waals surface area contributed by atoms with Crippen molar-refractivity contribution in [3.63, 3.8) is 0 Å². The molecule has 1 fully saturated rings. The van der Waals surface area contributed by atoms with E-state index in [2.05, 4.69) is 5.32 Å². The van der Waals surface area contributed by atoms with Crippen molar-refractivity contribution in [1.82, 2.24) is 4.90 Å². The standard InChI is InChI=1S/C29H29ClN2O3/c1-35-23-16-14-19(15-17-23)27-26(28(33)31-21-9-7-8-20(30)18-21)24-12-5-6-13-25(24)29(34)32(27)22-10-3-2-4-11-22/h5-9,12-18,22,26-27H,2-4,10-11H2,1H3,(H,31,33). The first-order chi connectivity index (χ1) is 17.1. The van der Waals surface area contributed by atoms with Crippen molar-refractivity contribution in [1.29, 1.82) is 0 Å². The van der Waals surface area contributed by atoms with Crippen LogP contribution in [-0.4, -0.2) is 29.9 Å². The molecule has 1 aliphatic carbocycles. The number of fused-ring (bicyclic) bond motifs is 1. The third-order valence-corrected chi connectivity index (χ3v) is 7.41. The van der Waals surface area contributed by atoms with Gasteiger partial charge in [0.25, 0.3) is 5.91 Å². The van der Waals surface area contributed by atoms with Gasteiger partial charge < -0.3 is 15.0 Å². The highest BCUT2D eigenvalue weighted by Gasteiger charge is 2.46. The minimum absolute atomic E-state index is 0.000114. The average Bonchev–Trinajstić information content (AvgIpc) is 2.89. The first-order valence-electron chi connectivity index (χ1n) is 12.2. The fraction of sp³-hybridized carbons (Fsp3) is 0.310. The second kappa shape index (κ2) is 10.1. The first-order valence-corrected chi connectivity index (χ1v) is 12.6. The molecule has 5 nitrogen and oxygen atoms in total. The van der Waals surface area contributed by atoms with Crippen LogP contribution >= 0.6 is 11.6 Å². The van der Waals surface area contributed by atoms with Crippen molar-refractivity contribution >= 4 is 29.1 Å². The molecule has 0 radical (unpaired) electrons. The van der Waals surface area contributed by atoms with Crippen molar-refractivity contribution in [2.24, 2.45) is 0 Å². The Balaban J connectivity index is 1.63. The van der Waals surface area contributed by atoms with Gasteiger partial charge in [0.2, 0.25) is 5.91 Å². The highest BCUT2D eigenvalue weighted by Crippen LogP contribution is 2.46. The molecule has 35 heavy (non-hydrogen) atoms. The van der Waals surface area contributed by atoms with Crippen LogP contribution in [0.4, 0.5) is 5.69 Å². The Bertz CT molecular complexity index is 1220. The Morgan fingerprint density at radius 3 is 2.43 bits per heavy atom. The predicted octanol–water partition coefficient (Wildman–Crippen LogP) is 6.60. The summed E-state index contributed by atoms with van der Waals surface area (Å²) in [5.74, 6) is 0.00704. The molecule has 5 rings (SSSR count). The van der Waals surface area contributed by atoms with E-state index in [1.165, 1.54) is 6.42 Å². The summed E-state index contributed by atoms with van der Waals surface area (Å²) >= 11 is 6.18. The van der Waals surface area contributed by atoms with Gasteiger partial charge in [-0.25, -0.2) is 0 Å². The van der Waals surface area contributed by atoms with Crippen molar-refractivity contribution in [2.45, 2.75) is 50.1 Å². The third-order valence-electron chi connectivity index (χ3n) is 7.18. The molecule has 2 unspecified atom stereocenters. The van der Waals surface area contributed by atoms with Crippen molar-refractivity contribution in [2.75, 3.05) is 12.4 Å². The Morgan fingerprint density at radius 1 is 0.971 bits per heavy atom. The molecule has 3 aromatic carbocycles. The molecule has 2 atom stereocenters. The summed E-state index contributed by atoms with van der Waals surface area (Å²) in [7, 11) is 1.63. The van der Waals surface area contributed by atoms with E-state index in [0.717, 1.165) is 42.6 Å². The highest BCUT2D eigenvalue weighted by molar-refractivity contribution is 6.30. The lowest BCUT2D eigenvalue weighted by atomic mass is 9.77. The number of hydrogen-bond donors (Lipinski definition) is 1. The molecular weight excluding hydrogens is 460 g/mol. The van der Waals surface area contributed by atoms with Gasteiger partial charge in [0, 0.05) is 22.3 Å². The minimum Gasteiger partial charge on any atom is -0.497 e. The summed E-state index contributed by atoms with van der Waals surface area (Å²) in [4.78, 5) is 29.9. The van der Waals surface area contributed by atoms with Crippen LogP contribution in [0.3, 0.4) is 0 Å². The van der Waals surface area contributed by atoms with E-state index in [4.69, 9.17) is 16.3 Å². The second-order valence-corrected chi connectivity index (χ2v) is 9.72. The Labute approximate surface area is 211 Å². The summed E-state index contributed by atoms with van der Waals surface area (Å²) in [6, 6.07) is 22.1. The third kappa shape index (κ3) is 4.65. The first kappa shape index (κ1) is 23.4. The highest BCUT2D eigenvalue weighted by atomic mass is 35.5. The van der Waals surface area contributed by atoms with Gasteiger partial charge in [-0.3, -0.25) is 9.59 Å². The number of carbonyl (C=O) groups excluding carboxylic acids is 2. The number of carbonyl (C=O) groups is 2. The van der Waals surface area contributed by atoms with Crippen LogP contribution in [0.25, 0.3) is 0 Å². The number of amides is 2. The van der Waals surface area contributed by atoms with E-state index in [1.54, 1.807) is 19.2 Å². The van der Waals surface area contributed by atoms with Crippen LogP contribution in [0, 0.1) is 0 Å². The quantitative estimate of drug-likeness (QED) is 0.440. The van der Waals surface area contributed by atoms with Gasteiger partial charge in [-0.2, -0.15) is 0 Å². The van der Waals surface area contributed by atoms with Gasteiger partial charge in [0.05, 0.1) is 19.1 Å². The van der Waals surface area contributed by atoms with Crippen LogP contribution in [-0.2, 0) is 4.79 Å². The summed E-state index contributed by atoms with van der Waals surface area (Å²) in [5, 5.41) is 3.62. The average molecular weight is 489 g/mol. The molecule has 1 saturated carbocycles. The lowest BCUT2D eigenvalue weighted by molar-refractivity contribution is -0.119. The van der Waals surface area contributed by atoms with Gasteiger partial charge in [0.15, 0.2) is 0 Å². The van der Waals surface area contributed by atoms with Gasteiger partial charge in [-0.05, 0) is 60.4 Å². The molecule has 0 bridgehead atoms. The second-order valence-electron chi connectivity index (χ2n) is 9.29. The zero-order valence-electron chi connectivity index (χ0n) is 19.7. The minimum atomic E-state index is -0.571. The summed E-state index contributed by atoms with van der Waals surface area (Å²) in [5.41, 5.74) is 2.92. The number of nitrogens with one attached hydrogen (secondary N) is 1. The molecule has 2 aliphatic rings. The van der Waals surface area contributed by atoms with Crippen LogP contribution in [0.2, 0.25) is 5.02 Å². The normalized spacial score (nSPS) is 20.3. The van der Waals surface area contributed by atoms with Crippen molar-refractivity contribution in [3.05, 3.63) is 94.5 Å². The number of nitrogens with zero attached hydrogens (tertiary/aromatic N) is 1. The maximum absolute atomic E-state index is 14.0. The van der Waals surface area contributed by atoms with E-state index in [9.17, 15) is 9.59 Å². The summed E-state index contributed by atoms with van der Waals surface area (Å²) < 4.78 is 5.37. The largest absolute Gasteiger partial charge is 0.497 e. The molecule has 1 heterocycles. The molecule has 1 aliphatic heterocycles. The van der Waals surface area contributed by atoms with Crippen molar-refractivity contribution in [3.8, 4) is 5.75 Å². The van der Waals surface area contributed by atoms with Crippen molar-refractivity contribution < 1.29 is 14.3 Å². The molecular formula is C29H29ClN2O3. The maximum Gasteiger partial charge on any atom is 0.254 e. The monoisotopic (exact) mass is 488 g/mol. The van der Waals surface area contributed by atoms with E-state index in [0.29, 0.717) is 16.3 Å². The van der Waals surface area contributed by atoms with Gasteiger partial charge in [-0.1, -0.05) is 67.3 Å². The summed E-state index contributed by atoms with van der Waals surface area (Å²) in [6.07, 6.45) is 5.25. The molecule has 180 valence electrons. The molecule has 2 amide bonds. The van der Waals surface area contributed by atoms with Gasteiger partial charge in [-0.15, -0.1) is 0 Å². The fourth-order valence-electron chi connectivity index (χ4n) is 5.54. The lowest BCUT2D eigenvalue weighted by Gasteiger charge is -2.46. The van der Waals surface area contributed by atoms with Gasteiger partial charge in [0.1, 0.15) is 5.75 Å². The molecule has 0 aromatic heterocycles. The Hall–Kier alpha value is -3.31. The van der Waals surface area contributed by atoms with E-state index in [-0.39, 0.29) is 17.9 Å². The SMILES string of the molecule is COc1ccc(C2C(C(=O)Nc3cccc(Cl)c3)c3ccccc3C(=O)N2C2CCCCC2)cc1. The topological polar surface area (TPSA) is 58.6 Å². The number of ether oxygens (including phenoxy) is 1. The number of halogens is 1. The van der Waals surface area contributed by atoms with Crippen LogP contribution in [0.5, 0.6) is 5.75 Å². The zero-order chi connectivity index (χ0) is 24.4. The Kier molecular flexibility index (Phi) is 6.78. The molecule has 0 saturated heterocycles. The van der Waals surface area contributed by atoms with Crippen LogP contribution < -0.4 is 10.1 Å². The molecule has 3 aromatic rings. The Morgan fingerprint density at radius 2 is 1.71 bits per heavy atom. The van der Waals surface area contributed by atoms with E-state index < -0.39 is 12.0 Å². The van der Waals surface area contributed by atoms with E-state index >= 15 is 0 Å². The van der Waals surface area contributed by atoms with Crippen LogP contribution in [0.15, 0.2) is 72.8 Å². The zero-order valence-corrected chi connectivity index (χ0v) is 20.5. The lowest BCUT2D eigenvalue weighted by Crippen LogP contribution is -2.51. The number of rotatable bonds is 5. The number of anilines is 1. The maximum atomic E-state index is 14.0. The predicted molar refractivity (Wildman–Crippen MR) is 138 cm³/mol. The molecule has 0 spiro atoms. The number of hydrogen-bond acceptors (Lipinski definition) is 3. The number of methoxy groups -OCH3 is 1. The fourth-order valence-corrected chi connectivity index (χ4v) is 5.73. The van der Waals surface area contributed by atoms with E-state index in [1.807, 2.05) is 65.6 Å². The molecule has 1 N–H and O–H groups in total. The summed E-state index contributed by atoms with van der Waals surface area (Å²) in [6.45, 7) is 0. The smallest absolute Gasteiger partial charge is 0.254 e. The van der Waals surface area contributed by atoms with Gasteiger partial charge >= 0.3 is 0 Å².